The fraction of sp³-hybridized carbons (Fsp3) is 0.385. The molecule has 1 amide bonds. The van der Waals surface area contributed by atoms with Crippen molar-refractivity contribution in [1.82, 2.24) is 9.78 Å². The van der Waals surface area contributed by atoms with Crippen molar-refractivity contribution in [2.75, 3.05) is 6.61 Å². The second-order valence-corrected chi connectivity index (χ2v) is 4.75. The number of allylic oxidation sites excluding steroid dienone is 4. The van der Waals surface area contributed by atoms with Gasteiger partial charge in [-0.05, 0) is 18.1 Å². The molecule has 0 aromatic carbocycles. The lowest BCUT2D eigenvalue weighted by Crippen LogP contribution is -2.25. The Morgan fingerprint density at radius 1 is 1.35 bits per heavy atom. The van der Waals surface area contributed by atoms with Crippen molar-refractivity contribution >= 4 is 11.6 Å². The van der Waals surface area contributed by atoms with Crippen molar-refractivity contribution < 1.29 is 18.3 Å². The minimum Gasteiger partial charge on any atom is -0.376 e. The van der Waals surface area contributed by atoms with Gasteiger partial charge in [0.15, 0.2) is 5.83 Å². The van der Waals surface area contributed by atoms with Gasteiger partial charge in [-0.15, -0.1) is 0 Å². The molecule has 3 rings (SSSR count). The van der Waals surface area contributed by atoms with Gasteiger partial charge in [0.2, 0.25) is 0 Å². The van der Waals surface area contributed by atoms with Crippen LogP contribution in [-0.4, -0.2) is 22.4 Å². The zero-order valence-electron chi connectivity index (χ0n) is 10.7. The van der Waals surface area contributed by atoms with Crippen LogP contribution in [0.3, 0.4) is 0 Å². The average Bonchev–Trinajstić information content (AvgIpc) is 2.82. The fourth-order valence-electron chi connectivity index (χ4n) is 2.53. The maximum absolute atomic E-state index is 13.4. The van der Waals surface area contributed by atoms with Gasteiger partial charge >= 0.3 is 6.03 Å². The second-order valence-electron chi connectivity index (χ2n) is 4.75. The number of ether oxygens (including phenoxy) is 1. The molecule has 0 fully saturated rings. The van der Waals surface area contributed by atoms with Gasteiger partial charge in [-0.1, -0.05) is 0 Å². The number of carbonyl (C=O) groups excluding carboxylic acids is 1. The first kappa shape index (κ1) is 13.0. The largest absolute Gasteiger partial charge is 0.376 e. The average molecular weight is 281 g/mol. The van der Waals surface area contributed by atoms with Crippen LogP contribution in [0.4, 0.5) is 13.6 Å². The molecule has 5 nitrogen and oxygen atoms in total. The number of carbonyl (C=O) groups is 1. The van der Waals surface area contributed by atoms with Crippen LogP contribution in [-0.2, 0) is 17.8 Å². The number of aromatic nitrogens is 2. The fourth-order valence-corrected chi connectivity index (χ4v) is 2.53. The minimum absolute atomic E-state index is 0.00325. The third-order valence-corrected chi connectivity index (χ3v) is 3.51. The van der Waals surface area contributed by atoms with Crippen LogP contribution in [0.1, 0.15) is 29.8 Å². The molecule has 0 saturated carbocycles. The second kappa shape index (κ2) is 4.82. The Morgan fingerprint density at radius 2 is 2.15 bits per heavy atom. The van der Waals surface area contributed by atoms with E-state index in [1.807, 2.05) is 0 Å². The highest BCUT2D eigenvalue weighted by Gasteiger charge is 2.26. The predicted octanol–water partition coefficient (Wildman–Crippen LogP) is 2.21. The Bertz CT molecular complexity index is 646. The Labute approximate surface area is 113 Å². The summed E-state index contributed by atoms with van der Waals surface area (Å²) in [7, 11) is 0. The Morgan fingerprint density at radius 3 is 2.85 bits per heavy atom. The summed E-state index contributed by atoms with van der Waals surface area (Å²) in [5.41, 5.74) is 7.74. The maximum atomic E-state index is 13.4. The standard InChI is InChI=1S/C13H13F2N3O2/c14-9-2-1-7(5-10(9)15)12-8-6-20-4-3-11(8)18(17-12)13(16)19/h5H,1-4,6H2,(H2,16,19). The number of nitrogens with two attached hydrogens (primary N) is 1. The molecule has 20 heavy (non-hydrogen) atoms. The van der Waals surface area contributed by atoms with Crippen LogP contribution in [0.25, 0.3) is 5.57 Å². The van der Waals surface area contributed by atoms with Crippen molar-refractivity contribution in [3.05, 3.63) is 34.7 Å². The van der Waals surface area contributed by atoms with E-state index < -0.39 is 17.7 Å². The van der Waals surface area contributed by atoms with E-state index in [1.54, 1.807) is 0 Å². The summed E-state index contributed by atoms with van der Waals surface area (Å²) in [4.78, 5) is 11.4. The molecule has 1 aliphatic carbocycles. The van der Waals surface area contributed by atoms with Gasteiger partial charge in [-0.3, -0.25) is 0 Å². The van der Waals surface area contributed by atoms with Crippen molar-refractivity contribution in [1.29, 1.82) is 0 Å². The smallest absolute Gasteiger partial charge is 0.339 e. The topological polar surface area (TPSA) is 70.1 Å². The normalized spacial score (nSPS) is 18.8. The van der Waals surface area contributed by atoms with E-state index in [1.165, 1.54) is 0 Å². The van der Waals surface area contributed by atoms with Crippen molar-refractivity contribution in [3.63, 3.8) is 0 Å². The van der Waals surface area contributed by atoms with Gasteiger partial charge in [0.25, 0.3) is 0 Å². The first-order chi connectivity index (χ1) is 9.58. The molecule has 0 unspecified atom stereocenters. The highest BCUT2D eigenvalue weighted by Crippen LogP contribution is 2.34. The first-order valence-electron chi connectivity index (χ1n) is 6.31. The zero-order chi connectivity index (χ0) is 14.3. The number of hydrogen-bond donors (Lipinski definition) is 1. The summed E-state index contributed by atoms with van der Waals surface area (Å²) in [5, 5.41) is 4.16. The summed E-state index contributed by atoms with van der Waals surface area (Å²) in [6.07, 6.45) is 1.98. The van der Waals surface area contributed by atoms with Crippen LogP contribution >= 0.6 is 0 Å². The van der Waals surface area contributed by atoms with E-state index >= 15 is 0 Å². The number of fused-ring (bicyclic) bond motifs is 1. The highest BCUT2D eigenvalue weighted by atomic mass is 19.2. The third-order valence-electron chi connectivity index (χ3n) is 3.51. The van der Waals surface area contributed by atoms with Crippen molar-refractivity contribution in [3.8, 4) is 0 Å². The van der Waals surface area contributed by atoms with E-state index in [2.05, 4.69) is 5.10 Å². The van der Waals surface area contributed by atoms with Gasteiger partial charge in [0, 0.05) is 18.4 Å². The third kappa shape index (κ3) is 2.03. The first-order valence-corrected chi connectivity index (χ1v) is 6.31. The summed E-state index contributed by atoms with van der Waals surface area (Å²) in [6.45, 7) is 0.774. The van der Waals surface area contributed by atoms with Crippen LogP contribution < -0.4 is 5.73 Å². The molecule has 0 saturated heterocycles. The van der Waals surface area contributed by atoms with Gasteiger partial charge in [-0.2, -0.15) is 9.78 Å². The lowest BCUT2D eigenvalue weighted by atomic mass is 9.96. The Kier molecular flexibility index (Phi) is 3.13. The number of hydrogen-bond acceptors (Lipinski definition) is 3. The summed E-state index contributed by atoms with van der Waals surface area (Å²) in [5.74, 6) is -1.64. The molecule has 1 aromatic rings. The quantitative estimate of drug-likeness (QED) is 0.858. The minimum atomic E-state index is -0.884. The molecule has 7 heteroatoms. The number of rotatable bonds is 1. The molecule has 0 atom stereocenters. The summed E-state index contributed by atoms with van der Waals surface area (Å²) in [6, 6.07) is -0.687. The van der Waals surface area contributed by atoms with E-state index in [0.717, 1.165) is 16.3 Å². The summed E-state index contributed by atoms with van der Waals surface area (Å²) >= 11 is 0. The van der Waals surface area contributed by atoms with Crippen molar-refractivity contribution in [2.45, 2.75) is 25.9 Å². The van der Waals surface area contributed by atoms with Gasteiger partial charge in [0.1, 0.15) is 5.83 Å². The highest BCUT2D eigenvalue weighted by molar-refractivity contribution is 5.78. The maximum Gasteiger partial charge on any atom is 0.339 e. The number of primary amides is 1. The molecule has 1 aromatic heterocycles. The molecule has 2 heterocycles. The lowest BCUT2D eigenvalue weighted by molar-refractivity contribution is 0.109. The molecule has 106 valence electrons. The molecule has 0 radical (unpaired) electrons. The van der Waals surface area contributed by atoms with Crippen LogP contribution in [0.15, 0.2) is 17.7 Å². The van der Waals surface area contributed by atoms with Crippen molar-refractivity contribution in [2.24, 2.45) is 5.73 Å². The Balaban J connectivity index is 2.11. The van der Waals surface area contributed by atoms with Crippen LogP contribution in [0.2, 0.25) is 0 Å². The van der Waals surface area contributed by atoms with Gasteiger partial charge in [0.05, 0.1) is 24.6 Å². The number of nitrogens with zero attached hydrogens (tertiary/aromatic N) is 2. The predicted molar refractivity (Wildman–Crippen MR) is 67.0 cm³/mol. The van der Waals surface area contributed by atoms with Gasteiger partial charge < -0.3 is 10.5 Å². The monoisotopic (exact) mass is 281 g/mol. The molecule has 2 aliphatic rings. The van der Waals surface area contributed by atoms with E-state index in [0.29, 0.717) is 43.0 Å². The Hall–Kier alpha value is -2.02. The lowest BCUT2D eigenvalue weighted by Gasteiger charge is -2.15. The molecular weight excluding hydrogens is 268 g/mol. The summed E-state index contributed by atoms with van der Waals surface area (Å²) < 4.78 is 32.9. The molecule has 0 bridgehead atoms. The number of halogens is 2. The molecule has 2 N–H and O–H groups in total. The SMILES string of the molecule is NC(=O)n1nc(C2=CC(F)=C(F)CC2)c2c1CCOC2. The molecule has 1 aliphatic heterocycles. The number of amides is 1. The van der Waals surface area contributed by atoms with E-state index in [4.69, 9.17) is 10.5 Å². The van der Waals surface area contributed by atoms with Crippen LogP contribution in [0.5, 0.6) is 0 Å². The zero-order valence-corrected chi connectivity index (χ0v) is 10.7. The molecule has 0 spiro atoms. The van der Waals surface area contributed by atoms with E-state index in [9.17, 15) is 13.6 Å². The van der Waals surface area contributed by atoms with Gasteiger partial charge in [-0.25, -0.2) is 13.6 Å². The molecular formula is C13H13F2N3O2. The van der Waals surface area contributed by atoms with E-state index in [-0.39, 0.29) is 6.42 Å². The van der Waals surface area contributed by atoms with Crippen LogP contribution in [0, 0.1) is 0 Å².